The Morgan fingerprint density at radius 2 is 1.72 bits per heavy atom. The first-order valence-electron chi connectivity index (χ1n) is 11.9. The predicted octanol–water partition coefficient (Wildman–Crippen LogP) is 4.63. The van der Waals surface area contributed by atoms with Crippen molar-refractivity contribution in [1.82, 2.24) is 29.6 Å². The Kier molecular flexibility index (Phi) is 9.56. The maximum Gasteiger partial charge on any atom is 0.451 e. The van der Waals surface area contributed by atoms with Gasteiger partial charge in [-0.25, -0.2) is 32.7 Å². The number of carbonyl (C=O) groups is 1. The molecule has 0 saturated carbocycles. The SMILES string of the molecule is CC.CC1CCC(C(=O)NCc2cc(-c3cnc(C(F)(F)F)nc3)nc(Cl)n2)N1S(=O)(=O)c1ccc(F)cc1. The van der Waals surface area contributed by atoms with Crippen molar-refractivity contribution < 1.29 is 30.8 Å². The Morgan fingerprint density at radius 3 is 2.31 bits per heavy atom. The Balaban J connectivity index is 0.00000205. The van der Waals surface area contributed by atoms with Gasteiger partial charge in [0.15, 0.2) is 0 Å². The summed E-state index contributed by atoms with van der Waals surface area (Å²) in [6.45, 7) is 5.52. The van der Waals surface area contributed by atoms with Crippen LogP contribution < -0.4 is 5.32 Å². The van der Waals surface area contributed by atoms with E-state index in [-0.39, 0.29) is 40.1 Å². The predicted molar refractivity (Wildman–Crippen MR) is 134 cm³/mol. The lowest BCUT2D eigenvalue weighted by molar-refractivity contribution is -0.145. The number of rotatable bonds is 6. The Bertz CT molecular complexity index is 1410. The van der Waals surface area contributed by atoms with Crippen molar-refractivity contribution in [3.05, 3.63) is 65.3 Å². The van der Waals surface area contributed by atoms with Crippen LogP contribution in [0.3, 0.4) is 0 Å². The van der Waals surface area contributed by atoms with E-state index >= 15 is 0 Å². The number of sulfonamides is 1. The van der Waals surface area contributed by atoms with Crippen LogP contribution in [0.25, 0.3) is 11.3 Å². The molecular formula is C24H25ClF4N6O3S. The number of aromatic nitrogens is 4. The number of benzene rings is 1. The minimum atomic E-state index is -4.70. The second kappa shape index (κ2) is 12.3. The number of halogens is 5. The van der Waals surface area contributed by atoms with Gasteiger partial charge in [0.05, 0.1) is 22.8 Å². The number of nitrogens with zero attached hydrogens (tertiary/aromatic N) is 5. The molecule has 15 heteroatoms. The molecule has 9 nitrogen and oxygen atoms in total. The fourth-order valence-electron chi connectivity index (χ4n) is 3.95. The van der Waals surface area contributed by atoms with E-state index in [4.69, 9.17) is 11.6 Å². The highest BCUT2D eigenvalue weighted by Crippen LogP contribution is 2.31. The topological polar surface area (TPSA) is 118 Å². The minimum Gasteiger partial charge on any atom is -0.349 e. The molecule has 1 aliphatic heterocycles. The van der Waals surface area contributed by atoms with Gasteiger partial charge in [0.2, 0.25) is 27.0 Å². The van der Waals surface area contributed by atoms with Crippen LogP contribution in [0.1, 0.15) is 45.1 Å². The van der Waals surface area contributed by atoms with E-state index in [2.05, 4.69) is 25.3 Å². The average Bonchev–Trinajstić information content (AvgIpc) is 3.30. The molecule has 1 saturated heterocycles. The molecule has 210 valence electrons. The van der Waals surface area contributed by atoms with Crippen molar-refractivity contribution in [2.75, 3.05) is 0 Å². The number of nitrogens with one attached hydrogen (secondary N) is 1. The number of carbonyl (C=O) groups excluding carboxylic acids is 1. The van der Waals surface area contributed by atoms with Crippen molar-refractivity contribution in [3.63, 3.8) is 0 Å². The minimum absolute atomic E-state index is 0.132. The lowest BCUT2D eigenvalue weighted by Crippen LogP contribution is -2.48. The van der Waals surface area contributed by atoms with Crippen LogP contribution in [0.5, 0.6) is 0 Å². The normalized spacial score (nSPS) is 17.8. The molecule has 1 amide bonds. The Hall–Kier alpha value is -3.23. The Labute approximate surface area is 227 Å². The molecule has 3 aromatic rings. The van der Waals surface area contributed by atoms with Gasteiger partial charge in [-0.05, 0) is 61.7 Å². The van der Waals surface area contributed by atoms with Crippen LogP contribution in [0.15, 0.2) is 47.6 Å². The molecule has 1 fully saturated rings. The van der Waals surface area contributed by atoms with E-state index in [0.29, 0.717) is 6.42 Å². The third-order valence-electron chi connectivity index (χ3n) is 5.69. The van der Waals surface area contributed by atoms with Gasteiger partial charge in [0.25, 0.3) is 0 Å². The lowest BCUT2D eigenvalue weighted by atomic mass is 10.2. The molecule has 0 bridgehead atoms. The van der Waals surface area contributed by atoms with Gasteiger partial charge in [0, 0.05) is 24.0 Å². The maximum absolute atomic E-state index is 13.3. The van der Waals surface area contributed by atoms with Crippen LogP contribution in [0, 0.1) is 5.82 Å². The molecule has 4 rings (SSSR count). The zero-order valence-electron chi connectivity index (χ0n) is 21.1. The van der Waals surface area contributed by atoms with E-state index in [1.807, 2.05) is 13.8 Å². The van der Waals surface area contributed by atoms with E-state index in [0.717, 1.165) is 41.0 Å². The average molecular weight is 589 g/mol. The zero-order chi connectivity index (χ0) is 29.0. The molecule has 0 spiro atoms. The van der Waals surface area contributed by atoms with Crippen LogP contribution in [0.4, 0.5) is 17.6 Å². The summed E-state index contributed by atoms with van der Waals surface area (Å²) in [5.41, 5.74) is 0.501. The van der Waals surface area contributed by atoms with Crippen molar-refractivity contribution in [2.24, 2.45) is 0 Å². The number of hydrogen-bond acceptors (Lipinski definition) is 7. The second-order valence-electron chi connectivity index (χ2n) is 8.26. The van der Waals surface area contributed by atoms with Crippen LogP contribution >= 0.6 is 11.6 Å². The van der Waals surface area contributed by atoms with Crippen molar-refractivity contribution in [2.45, 2.75) is 63.3 Å². The molecule has 1 N–H and O–H groups in total. The third-order valence-corrected chi connectivity index (χ3v) is 7.89. The first kappa shape index (κ1) is 30.3. The van der Waals surface area contributed by atoms with Crippen LogP contribution in [-0.2, 0) is 27.5 Å². The zero-order valence-corrected chi connectivity index (χ0v) is 22.6. The van der Waals surface area contributed by atoms with Gasteiger partial charge in [-0.15, -0.1) is 0 Å². The fraction of sp³-hybridized carbons (Fsp3) is 0.375. The third kappa shape index (κ3) is 7.05. The number of hydrogen-bond donors (Lipinski definition) is 1. The molecule has 39 heavy (non-hydrogen) atoms. The summed E-state index contributed by atoms with van der Waals surface area (Å²) in [6.07, 6.45) is -2.11. The molecule has 2 unspecified atom stereocenters. The van der Waals surface area contributed by atoms with E-state index in [9.17, 15) is 30.8 Å². The summed E-state index contributed by atoms with van der Waals surface area (Å²) in [5, 5.41) is 2.40. The highest BCUT2D eigenvalue weighted by Gasteiger charge is 2.43. The highest BCUT2D eigenvalue weighted by atomic mass is 35.5. The van der Waals surface area contributed by atoms with Gasteiger partial charge in [-0.2, -0.15) is 17.5 Å². The molecule has 0 aliphatic carbocycles. The summed E-state index contributed by atoms with van der Waals surface area (Å²) in [6, 6.07) is 4.25. The highest BCUT2D eigenvalue weighted by molar-refractivity contribution is 7.89. The molecule has 1 aliphatic rings. The van der Waals surface area contributed by atoms with E-state index in [1.54, 1.807) is 6.92 Å². The van der Waals surface area contributed by atoms with E-state index in [1.165, 1.54) is 6.07 Å². The van der Waals surface area contributed by atoms with Gasteiger partial charge in [0.1, 0.15) is 11.9 Å². The van der Waals surface area contributed by atoms with Gasteiger partial charge in [-0.3, -0.25) is 4.79 Å². The van der Waals surface area contributed by atoms with Crippen LogP contribution in [-0.4, -0.2) is 50.6 Å². The van der Waals surface area contributed by atoms with Crippen molar-refractivity contribution in [3.8, 4) is 11.3 Å². The summed E-state index contributed by atoms with van der Waals surface area (Å²) in [7, 11) is -4.08. The molecule has 0 radical (unpaired) electrons. The lowest BCUT2D eigenvalue weighted by Gasteiger charge is -2.27. The summed E-state index contributed by atoms with van der Waals surface area (Å²) >= 11 is 5.96. The molecule has 3 heterocycles. The quantitative estimate of drug-likeness (QED) is 0.329. The van der Waals surface area contributed by atoms with Gasteiger partial charge >= 0.3 is 6.18 Å². The smallest absolute Gasteiger partial charge is 0.349 e. The summed E-state index contributed by atoms with van der Waals surface area (Å²) in [5.74, 6) is -2.48. The molecule has 1 aromatic carbocycles. The molecular weight excluding hydrogens is 564 g/mol. The van der Waals surface area contributed by atoms with Crippen molar-refractivity contribution in [1.29, 1.82) is 0 Å². The summed E-state index contributed by atoms with van der Waals surface area (Å²) < 4.78 is 78.9. The van der Waals surface area contributed by atoms with Crippen molar-refractivity contribution >= 4 is 27.5 Å². The molecule has 2 aromatic heterocycles. The van der Waals surface area contributed by atoms with Crippen LogP contribution in [0.2, 0.25) is 5.28 Å². The first-order valence-corrected chi connectivity index (χ1v) is 13.7. The second-order valence-corrected chi connectivity index (χ2v) is 10.4. The number of alkyl halides is 3. The standard InChI is InChI=1S/C22H19ClF4N6O3S.C2H6/c1-12-2-7-18(33(12)37(35,36)16-5-3-14(24)4-6-16)19(34)28-11-15-8-17(32-21(23)31-15)13-9-29-20(30-10-13)22(25,26)27;1-2/h3-6,8-10,12,18H,2,7,11H2,1H3,(H,28,34);1-2H3. The molecule has 2 atom stereocenters. The van der Waals surface area contributed by atoms with Gasteiger partial charge in [-0.1, -0.05) is 13.8 Å². The largest absolute Gasteiger partial charge is 0.451 e. The fourth-order valence-corrected chi connectivity index (χ4v) is 5.98. The van der Waals surface area contributed by atoms with Gasteiger partial charge < -0.3 is 5.32 Å². The number of amides is 1. The monoisotopic (exact) mass is 588 g/mol. The first-order chi connectivity index (χ1) is 18.4. The maximum atomic E-state index is 13.3. The van der Waals surface area contributed by atoms with E-state index < -0.39 is 45.8 Å². The Morgan fingerprint density at radius 1 is 1.10 bits per heavy atom. The summed E-state index contributed by atoms with van der Waals surface area (Å²) in [4.78, 5) is 27.4.